The lowest BCUT2D eigenvalue weighted by Gasteiger charge is -2.30. The Balaban J connectivity index is 1.64. The molecule has 0 bridgehead atoms. The molecule has 350 valence electrons. The van der Waals surface area contributed by atoms with Gasteiger partial charge in [-0.05, 0) is 80.1 Å². The molecule has 0 spiro atoms. The molecular weight excluding hydrogens is 885 g/mol. The van der Waals surface area contributed by atoms with Crippen LogP contribution in [0, 0.1) is 0 Å². The van der Waals surface area contributed by atoms with E-state index in [1.165, 1.54) is 18.4 Å². The fraction of sp³-hybridized carbons (Fsp3) is 0.524. The van der Waals surface area contributed by atoms with Crippen molar-refractivity contribution < 1.29 is 72.2 Å². The zero-order valence-electron chi connectivity index (χ0n) is 35.6. The molecule has 2 heterocycles. The van der Waals surface area contributed by atoms with Crippen LogP contribution in [0.2, 0.25) is 0 Å². The number of hydrogen-bond acceptors (Lipinski definition) is 13. The highest BCUT2D eigenvalue weighted by atomic mass is 32.2. The predicted octanol–water partition coefficient (Wildman–Crippen LogP) is 4.37. The molecule has 1 aromatic rings. The summed E-state index contributed by atoms with van der Waals surface area (Å²) >= 11 is 0. The molecule has 3 aliphatic rings. The van der Waals surface area contributed by atoms with Crippen LogP contribution in [0.25, 0.3) is 17.4 Å². The number of carboxylic acids is 1. The lowest BCUT2D eigenvalue weighted by Crippen LogP contribution is -2.35. The molecule has 4 N–H and O–H groups in total. The largest absolute Gasteiger partial charge is 0.481 e. The maximum Gasteiger partial charge on any atom is 0.303 e. The number of carboxylic acid groups (broad SMARTS) is 1. The molecule has 1 unspecified atom stereocenters. The summed E-state index contributed by atoms with van der Waals surface area (Å²) < 4.78 is 129. The van der Waals surface area contributed by atoms with E-state index in [4.69, 9.17) is 28.5 Å². The number of allylic oxidation sites excluding steroid dienone is 3. The van der Waals surface area contributed by atoms with Crippen LogP contribution in [0.5, 0.6) is 0 Å². The summed E-state index contributed by atoms with van der Waals surface area (Å²) in [5, 5.41) is 9.86. The first-order valence-corrected chi connectivity index (χ1v) is 25.2. The monoisotopic (exact) mass is 943 g/mol. The number of unbranched alkanes of at least 4 members (excludes halogenated alkanes) is 2. The van der Waals surface area contributed by atoms with E-state index in [0.29, 0.717) is 108 Å². The summed E-state index contributed by atoms with van der Waals surface area (Å²) in [5.74, 6) is -1.32. The van der Waals surface area contributed by atoms with E-state index in [9.17, 15) is 43.7 Å². The summed E-state index contributed by atoms with van der Waals surface area (Å²) in [6.07, 6.45) is 9.06. The number of fused-ring (bicyclic) bond motifs is 2. The fourth-order valence-corrected chi connectivity index (χ4v) is 8.91. The van der Waals surface area contributed by atoms with Crippen LogP contribution in [0.15, 0.2) is 75.9 Å². The van der Waals surface area contributed by atoms with E-state index in [0.717, 1.165) is 16.5 Å². The molecule has 0 radical (unpaired) electrons. The zero-order chi connectivity index (χ0) is 46.1. The number of rotatable bonds is 29. The molecule has 0 fully saturated rings. The van der Waals surface area contributed by atoms with E-state index in [1.807, 2.05) is 52.8 Å². The highest BCUT2D eigenvalue weighted by molar-refractivity contribution is 7.86. The van der Waals surface area contributed by atoms with Crippen molar-refractivity contribution in [2.75, 3.05) is 89.4 Å². The summed E-state index contributed by atoms with van der Waals surface area (Å²) in [6, 6.07) is 11.6. The molecule has 18 nitrogen and oxygen atoms in total. The summed E-state index contributed by atoms with van der Waals surface area (Å²) in [4.78, 5) is 12.8. The Bertz CT molecular complexity index is 2410. The van der Waals surface area contributed by atoms with Crippen molar-refractivity contribution in [3.05, 3.63) is 83.1 Å². The lowest BCUT2D eigenvalue weighted by atomic mass is 9.77. The van der Waals surface area contributed by atoms with Crippen molar-refractivity contribution in [3.63, 3.8) is 0 Å². The van der Waals surface area contributed by atoms with Gasteiger partial charge in [0, 0.05) is 54.9 Å². The van der Waals surface area contributed by atoms with E-state index < -0.39 is 53.2 Å². The second-order valence-corrected chi connectivity index (χ2v) is 19.7. The average molecular weight is 944 g/mol. The molecule has 1 aliphatic carbocycles. The molecular formula is C42H59N2O16S3+. The number of carbonyl (C=O) groups is 1. The molecule has 21 heteroatoms. The Kier molecular flexibility index (Phi) is 19.9. The van der Waals surface area contributed by atoms with Gasteiger partial charge in [-0.1, -0.05) is 18.6 Å². The van der Waals surface area contributed by atoms with Crippen LogP contribution in [-0.2, 0) is 59.5 Å². The number of benzene rings is 2. The molecule has 1 atom stereocenters. The normalized spacial score (nSPS) is 17.0. The van der Waals surface area contributed by atoms with E-state index >= 15 is 0 Å². The van der Waals surface area contributed by atoms with Gasteiger partial charge < -0.3 is 33.4 Å². The first kappa shape index (κ1) is 51.6. The van der Waals surface area contributed by atoms with Gasteiger partial charge in [-0.25, -0.2) is 4.58 Å². The SMILES string of the molecule is COCCOCCOCCOCC[N+](CCCS(=O)(=O)O)=c1ccc2c(C=CC=C3N(CCCCCC(=O)O)c4ccc(S(=O)(=O)O)cc4C3(C)CCCS(=O)(=O)O)ccoc-2c1. The van der Waals surface area contributed by atoms with E-state index in [1.54, 1.807) is 19.2 Å². The van der Waals surface area contributed by atoms with Crippen LogP contribution in [0.1, 0.15) is 63.0 Å². The average Bonchev–Trinajstić information content (AvgIpc) is 3.43. The highest BCUT2D eigenvalue weighted by Crippen LogP contribution is 2.51. The number of aliphatic carboxylic acids is 1. The van der Waals surface area contributed by atoms with Gasteiger partial charge in [0.2, 0.25) is 5.36 Å². The third-order valence-corrected chi connectivity index (χ3v) is 12.9. The molecule has 0 aromatic heterocycles. The number of hydrogen-bond donors (Lipinski definition) is 4. The van der Waals surface area contributed by atoms with Crippen molar-refractivity contribution >= 4 is 48.1 Å². The van der Waals surface area contributed by atoms with Gasteiger partial charge >= 0.3 is 5.97 Å². The number of nitrogens with zero attached hydrogens (tertiary/aromatic N) is 2. The maximum absolute atomic E-state index is 12.3. The second-order valence-electron chi connectivity index (χ2n) is 15.2. The van der Waals surface area contributed by atoms with Crippen LogP contribution in [0.4, 0.5) is 5.69 Å². The predicted molar refractivity (Wildman–Crippen MR) is 236 cm³/mol. The smallest absolute Gasteiger partial charge is 0.303 e. The van der Waals surface area contributed by atoms with Gasteiger partial charge in [-0.15, -0.1) is 0 Å². The Hall–Kier alpha value is -4.03. The van der Waals surface area contributed by atoms with Crippen molar-refractivity contribution in [1.82, 2.24) is 4.58 Å². The number of ether oxygens (including phenoxy) is 4. The Morgan fingerprint density at radius 3 is 2.11 bits per heavy atom. The van der Waals surface area contributed by atoms with Crippen LogP contribution < -0.4 is 14.8 Å². The number of methoxy groups -OCH3 is 1. The Labute approximate surface area is 369 Å². The van der Waals surface area contributed by atoms with Gasteiger partial charge in [-0.3, -0.25) is 18.5 Å². The fourth-order valence-electron chi connectivity index (χ4n) is 7.40. The van der Waals surface area contributed by atoms with Crippen LogP contribution in [-0.4, -0.2) is 134 Å². The van der Waals surface area contributed by atoms with E-state index in [2.05, 4.69) is 0 Å². The molecule has 0 saturated heterocycles. The standard InChI is InChI=1S/C42H58N2O16S3/c1-42(17-7-29-61(47,48)49)37-32-35(63(53,54)55)13-15-38(37)44(19-5-3-4-11-41(45)46)40(42)10-6-9-33-16-21-60-39-31-34(12-14-36(33)39)43(18-8-30-62(50,51)52)20-22-57-25-26-59-28-27-58-24-23-56-2/h6,9-10,12-16,21,31-32H,3-5,7-8,11,17-20,22-30H2,1-2H3,(H3-,45,46,47,48,49,50,51,52,53,54,55)/p+1. The molecule has 63 heavy (non-hydrogen) atoms. The minimum absolute atomic E-state index is 0.00975. The number of anilines is 1. The minimum Gasteiger partial charge on any atom is -0.481 e. The van der Waals surface area contributed by atoms with Gasteiger partial charge in [0.25, 0.3) is 30.4 Å². The summed E-state index contributed by atoms with van der Waals surface area (Å²) in [7, 11) is -11.5. The zero-order valence-corrected chi connectivity index (χ0v) is 38.0. The molecule has 2 aliphatic heterocycles. The van der Waals surface area contributed by atoms with Crippen LogP contribution in [0.3, 0.4) is 0 Å². The minimum atomic E-state index is -4.60. The van der Waals surface area contributed by atoms with Crippen molar-refractivity contribution in [2.24, 2.45) is 0 Å². The first-order valence-electron chi connectivity index (χ1n) is 20.5. The third-order valence-electron chi connectivity index (χ3n) is 10.5. The van der Waals surface area contributed by atoms with E-state index in [-0.39, 0.29) is 30.6 Å². The van der Waals surface area contributed by atoms with Crippen LogP contribution >= 0.6 is 0 Å². The quantitative estimate of drug-likeness (QED) is 0.0428. The maximum atomic E-state index is 12.3. The molecule has 1 aromatic carbocycles. The van der Waals surface area contributed by atoms with Gasteiger partial charge in [0.05, 0.1) is 68.4 Å². The highest BCUT2D eigenvalue weighted by Gasteiger charge is 2.43. The van der Waals surface area contributed by atoms with Crippen molar-refractivity contribution in [1.29, 1.82) is 0 Å². The van der Waals surface area contributed by atoms with Gasteiger partial charge in [0.15, 0.2) is 6.54 Å². The summed E-state index contributed by atoms with van der Waals surface area (Å²) in [5.41, 5.74) is 2.40. The van der Waals surface area contributed by atoms with Crippen molar-refractivity contribution in [2.45, 2.75) is 62.2 Å². The Morgan fingerprint density at radius 1 is 0.794 bits per heavy atom. The third kappa shape index (κ3) is 16.8. The first-order chi connectivity index (χ1) is 29.8. The molecule has 0 saturated carbocycles. The van der Waals surface area contributed by atoms with Gasteiger partial charge in [0.1, 0.15) is 18.9 Å². The Morgan fingerprint density at radius 2 is 1.46 bits per heavy atom. The summed E-state index contributed by atoms with van der Waals surface area (Å²) in [6.45, 7) is 5.79. The molecule has 4 rings (SSSR count). The second kappa shape index (κ2) is 24.3. The lowest BCUT2D eigenvalue weighted by molar-refractivity contribution is -0.137. The van der Waals surface area contributed by atoms with Crippen molar-refractivity contribution in [3.8, 4) is 11.3 Å². The topological polar surface area (TPSA) is 257 Å². The van der Waals surface area contributed by atoms with Gasteiger partial charge in [-0.2, -0.15) is 25.3 Å². The molecule has 0 amide bonds.